The molecule has 0 unspecified atom stereocenters. The van der Waals surface area contributed by atoms with Gasteiger partial charge < -0.3 is 15.6 Å². The Bertz CT molecular complexity index is 709. The van der Waals surface area contributed by atoms with Crippen LogP contribution in [0, 0.1) is 6.92 Å². The fourth-order valence-corrected chi connectivity index (χ4v) is 2.64. The van der Waals surface area contributed by atoms with Gasteiger partial charge in [-0.3, -0.25) is 0 Å². The summed E-state index contributed by atoms with van der Waals surface area (Å²) in [6.07, 6.45) is 0. The van der Waals surface area contributed by atoms with Crippen LogP contribution in [-0.2, 0) is 16.6 Å². The molecular formula is C12H16N4O3S. The molecule has 0 spiro atoms. The molecular weight excluding hydrogens is 280 g/mol. The van der Waals surface area contributed by atoms with Crippen LogP contribution in [0.4, 0.5) is 11.4 Å². The molecule has 0 saturated heterocycles. The third-order valence-electron chi connectivity index (χ3n) is 2.69. The lowest BCUT2D eigenvalue weighted by molar-refractivity contribution is 0.384. The van der Waals surface area contributed by atoms with E-state index in [-0.39, 0.29) is 4.90 Å². The first-order valence-corrected chi connectivity index (χ1v) is 7.40. The summed E-state index contributed by atoms with van der Waals surface area (Å²) < 4.78 is 31.2. The number of nitrogens with one attached hydrogen (secondary N) is 2. The third-order valence-corrected chi connectivity index (χ3v) is 4.15. The largest absolute Gasteiger partial charge is 0.399 e. The average molecular weight is 296 g/mol. The number of anilines is 2. The lowest BCUT2D eigenvalue weighted by Gasteiger charge is -2.11. The molecule has 1 aromatic heterocycles. The first-order valence-electron chi connectivity index (χ1n) is 5.91. The molecule has 0 aliphatic carbocycles. The van der Waals surface area contributed by atoms with Crippen LogP contribution in [0.1, 0.15) is 11.5 Å². The van der Waals surface area contributed by atoms with E-state index >= 15 is 0 Å². The SMILES string of the molecule is CNS(=O)(=O)c1cc(N)ccc1NCc1cc(C)no1. The molecule has 20 heavy (non-hydrogen) atoms. The highest BCUT2D eigenvalue weighted by atomic mass is 32.2. The molecule has 2 aromatic rings. The van der Waals surface area contributed by atoms with Crippen LogP contribution in [0.2, 0.25) is 0 Å². The number of sulfonamides is 1. The standard InChI is InChI=1S/C12H16N4O3S/c1-8-5-10(19-16-8)7-15-11-4-3-9(13)6-12(11)20(17,18)14-2/h3-6,14-15H,7,13H2,1-2H3. The predicted octanol–water partition coefficient (Wildman–Crippen LogP) is 1.09. The van der Waals surface area contributed by atoms with E-state index in [9.17, 15) is 8.42 Å². The van der Waals surface area contributed by atoms with E-state index in [2.05, 4.69) is 15.2 Å². The molecule has 4 N–H and O–H groups in total. The summed E-state index contributed by atoms with van der Waals surface area (Å²) in [5.74, 6) is 0.618. The Hall–Kier alpha value is -2.06. The average Bonchev–Trinajstić information content (AvgIpc) is 2.83. The van der Waals surface area contributed by atoms with Crippen molar-refractivity contribution in [1.82, 2.24) is 9.88 Å². The van der Waals surface area contributed by atoms with Gasteiger partial charge in [0.2, 0.25) is 10.0 Å². The van der Waals surface area contributed by atoms with E-state index in [0.717, 1.165) is 5.69 Å². The normalized spacial score (nSPS) is 11.5. The van der Waals surface area contributed by atoms with Crippen molar-refractivity contribution < 1.29 is 12.9 Å². The summed E-state index contributed by atoms with van der Waals surface area (Å²) in [6, 6.07) is 6.42. The number of aromatic nitrogens is 1. The highest BCUT2D eigenvalue weighted by Crippen LogP contribution is 2.24. The van der Waals surface area contributed by atoms with Gasteiger partial charge in [-0.25, -0.2) is 13.1 Å². The lowest BCUT2D eigenvalue weighted by Crippen LogP contribution is -2.20. The van der Waals surface area contributed by atoms with Crippen molar-refractivity contribution in [2.24, 2.45) is 0 Å². The van der Waals surface area contributed by atoms with Crippen LogP contribution in [0.25, 0.3) is 0 Å². The van der Waals surface area contributed by atoms with Crippen LogP contribution < -0.4 is 15.8 Å². The number of nitrogens with two attached hydrogens (primary N) is 1. The Labute approximate surface area is 117 Å². The second-order valence-electron chi connectivity index (χ2n) is 4.25. The summed E-state index contributed by atoms with van der Waals surface area (Å²) in [4.78, 5) is 0.0937. The molecule has 7 nitrogen and oxygen atoms in total. The van der Waals surface area contributed by atoms with E-state index < -0.39 is 10.0 Å². The zero-order valence-corrected chi connectivity index (χ0v) is 12.0. The van der Waals surface area contributed by atoms with Crippen molar-refractivity contribution >= 4 is 21.4 Å². The minimum atomic E-state index is -3.59. The van der Waals surface area contributed by atoms with Gasteiger partial charge in [0.05, 0.1) is 17.9 Å². The molecule has 0 atom stereocenters. The van der Waals surface area contributed by atoms with E-state index in [1.165, 1.54) is 13.1 Å². The highest BCUT2D eigenvalue weighted by Gasteiger charge is 2.17. The Kier molecular flexibility index (Phi) is 3.96. The number of nitrogens with zero attached hydrogens (tertiary/aromatic N) is 1. The summed E-state index contributed by atoms with van der Waals surface area (Å²) in [5.41, 5.74) is 7.23. The fourth-order valence-electron chi connectivity index (χ4n) is 1.70. The van der Waals surface area contributed by atoms with E-state index in [1.807, 2.05) is 6.92 Å². The van der Waals surface area contributed by atoms with Gasteiger partial charge in [-0.2, -0.15) is 0 Å². The molecule has 0 radical (unpaired) electrons. The van der Waals surface area contributed by atoms with Crippen LogP contribution in [-0.4, -0.2) is 20.6 Å². The Morgan fingerprint density at radius 1 is 1.35 bits per heavy atom. The molecule has 0 bridgehead atoms. The van der Waals surface area contributed by atoms with Crippen molar-refractivity contribution in [1.29, 1.82) is 0 Å². The zero-order chi connectivity index (χ0) is 14.8. The minimum absolute atomic E-state index is 0.0937. The smallest absolute Gasteiger partial charge is 0.242 e. The third kappa shape index (κ3) is 3.09. The number of rotatable bonds is 5. The van der Waals surface area contributed by atoms with Gasteiger partial charge in [-0.05, 0) is 32.2 Å². The summed E-state index contributed by atoms with van der Waals surface area (Å²) >= 11 is 0. The van der Waals surface area contributed by atoms with Gasteiger partial charge in [0.15, 0.2) is 5.76 Å². The highest BCUT2D eigenvalue weighted by molar-refractivity contribution is 7.89. The lowest BCUT2D eigenvalue weighted by atomic mass is 10.2. The van der Waals surface area contributed by atoms with Gasteiger partial charge in [-0.15, -0.1) is 0 Å². The second-order valence-corrected chi connectivity index (χ2v) is 6.11. The minimum Gasteiger partial charge on any atom is -0.399 e. The molecule has 0 aliphatic rings. The molecule has 8 heteroatoms. The predicted molar refractivity (Wildman–Crippen MR) is 75.7 cm³/mol. The van der Waals surface area contributed by atoms with Crippen molar-refractivity contribution in [3.05, 3.63) is 35.7 Å². The molecule has 1 aromatic carbocycles. The van der Waals surface area contributed by atoms with E-state index in [4.69, 9.17) is 10.3 Å². The maximum absolute atomic E-state index is 11.9. The Balaban J connectivity index is 2.27. The van der Waals surface area contributed by atoms with Crippen molar-refractivity contribution in [3.8, 4) is 0 Å². The van der Waals surface area contributed by atoms with Gasteiger partial charge in [0.25, 0.3) is 0 Å². The number of benzene rings is 1. The molecule has 108 valence electrons. The Morgan fingerprint density at radius 3 is 2.70 bits per heavy atom. The number of hydrogen-bond acceptors (Lipinski definition) is 6. The van der Waals surface area contributed by atoms with Crippen LogP contribution >= 0.6 is 0 Å². The monoisotopic (exact) mass is 296 g/mol. The molecule has 0 saturated carbocycles. The van der Waals surface area contributed by atoms with Crippen LogP contribution in [0.15, 0.2) is 33.7 Å². The molecule has 0 fully saturated rings. The van der Waals surface area contributed by atoms with E-state index in [0.29, 0.717) is 23.7 Å². The number of nitrogen functional groups attached to an aromatic ring is 1. The van der Waals surface area contributed by atoms with Crippen molar-refractivity contribution in [2.45, 2.75) is 18.4 Å². The fraction of sp³-hybridized carbons (Fsp3) is 0.250. The topological polar surface area (TPSA) is 110 Å². The van der Waals surface area contributed by atoms with E-state index in [1.54, 1.807) is 18.2 Å². The van der Waals surface area contributed by atoms with Crippen LogP contribution in [0.3, 0.4) is 0 Å². The van der Waals surface area contributed by atoms with Crippen molar-refractivity contribution in [3.63, 3.8) is 0 Å². The molecule has 0 amide bonds. The summed E-state index contributed by atoms with van der Waals surface area (Å²) in [6.45, 7) is 2.14. The molecule has 0 aliphatic heterocycles. The van der Waals surface area contributed by atoms with Crippen molar-refractivity contribution in [2.75, 3.05) is 18.1 Å². The number of aryl methyl sites for hydroxylation is 1. The molecule has 2 rings (SSSR count). The first-order chi connectivity index (χ1) is 9.42. The summed E-state index contributed by atoms with van der Waals surface area (Å²) in [5, 5.41) is 6.77. The maximum Gasteiger partial charge on any atom is 0.242 e. The van der Waals surface area contributed by atoms with Gasteiger partial charge >= 0.3 is 0 Å². The Morgan fingerprint density at radius 2 is 2.10 bits per heavy atom. The second kappa shape index (κ2) is 5.51. The first kappa shape index (κ1) is 14.4. The molecule has 1 heterocycles. The quantitative estimate of drug-likeness (QED) is 0.712. The van der Waals surface area contributed by atoms with Gasteiger partial charge in [-0.1, -0.05) is 5.16 Å². The maximum atomic E-state index is 11.9. The summed E-state index contributed by atoms with van der Waals surface area (Å²) in [7, 11) is -2.24. The van der Waals surface area contributed by atoms with Gasteiger partial charge in [0.1, 0.15) is 4.90 Å². The van der Waals surface area contributed by atoms with Crippen LogP contribution in [0.5, 0.6) is 0 Å². The van der Waals surface area contributed by atoms with Gasteiger partial charge in [0, 0.05) is 11.8 Å². The zero-order valence-electron chi connectivity index (χ0n) is 11.2. The number of hydrogen-bond donors (Lipinski definition) is 3.